The van der Waals surface area contributed by atoms with E-state index in [1.165, 1.54) is 0 Å². The number of rotatable bonds is 6. The van der Waals surface area contributed by atoms with Crippen LogP contribution in [0.3, 0.4) is 0 Å². The number of carbonyl (C=O) groups excluding carboxylic acids is 1. The maximum absolute atomic E-state index is 11.7. The molecule has 1 N–H and O–H groups in total. The highest BCUT2D eigenvalue weighted by molar-refractivity contribution is 5.73. The van der Waals surface area contributed by atoms with Crippen molar-refractivity contribution >= 4 is 11.7 Å². The fraction of sp³-hybridized carbons (Fsp3) is 0.400. The van der Waals surface area contributed by atoms with Crippen molar-refractivity contribution in [3.8, 4) is 0 Å². The lowest BCUT2D eigenvalue weighted by atomic mass is 9.80. The molecule has 0 aliphatic heterocycles. The van der Waals surface area contributed by atoms with Crippen LogP contribution in [0.2, 0.25) is 0 Å². The fourth-order valence-electron chi connectivity index (χ4n) is 3.08. The summed E-state index contributed by atoms with van der Waals surface area (Å²) in [7, 11) is 0. The Morgan fingerprint density at radius 2 is 2.08 bits per heavy atom. The molecule has 0 amide bonds. The van der Waals surface area contributed by atoms with Crippen molar-refractivity contribution < 1.29 is 14.2 Å². The van der Waals surface area contributed by atoms with Crippen LogP contribution in [-0.4, -0.2) is 11.1 Å². The Labute approximate surface area is 148 Å². The van der Waals surface area contributed by atoms with E-state index in [0.717, 1.165) is 41.1 Å². The molecule has 0 saturated carbocycles. The smallest absolute Gasteiger partial charge is 0.332 e. The number of hydrogen-bond acceptors (Lipinski definition) is 5. The third-order valence-electron chi connectivity index (χ3n) is 4.20. The zero-order chi connectivity index (χ0) is 17.9. The van der Waals surface area contributed by atoms with Crippen molar-refractivity contribution in [1.29, 1.82) is 0 Å². The molecular weight excluding hydrogens is 316 g/mol. The van der Waals surface area contributed by atoms with Gasteiger partial charge in [0.15, 0.2) is 5.76 Å². The summed E-state index contributed by atoms with van der Waals surface area (Å²) in [5.74, 6) is 0.511. The van der Waals surface area contributed by atoms with Gasteiger partial charge in [-0.05, 0) is 17.4 Å². The van der Waals surface area contributed by atoms with Gasteiger partial charge in [0.25, 0.3) is 0 Å². The number of nitrogens with zero attached hydrogens (tertiary/aromatic N) is 1. The number of benzene rings is 1. The minimum Gasteiger partial charge on any atom is -0.360 e. The molecule has 1 aromatic carbocycles. The highest BCUT2D eigenvalue weighted by Gasteiger charge is 2.31. The van der Waals surface area contributed by atoms with Crippen LogP contribution in [0.25, 0.3) is 5.70 Å². The molecule has 1 aliphatic carbocycles. The van der Waals surface area contributed by atoms with E-state index in [0.29, 0.717) is 12.8 Å². The van der Waals surface area contributed by atoms with Gasteiger partial charge in [0, 0.05) is 19.3 Å². The second-order valence-electron chi connectivity index (χ2n) is 7.14. The first-order valence-corrected chi connectivity index (χ1v) is 8.69. The largest absolute Gasteiger partial charge is 0.360 e. The molecule has 0 bridgehead atoms. The summed E-state index contributed by atoms with van der Waals surface area (Å²) in [4.78, 5) is 16.9. The third kappa shape index (κ3) is 4.10. The first-order chi connectivity index (χ1) is 12.0. The van der Waals surface area contributed by atoms with Crippen LogP contribution < -0.4 is 5.48 Å². The monoisotopic (exact) mass is 340 g/mol. The van der Waals surface area contributed by atoms with E-state index in [1.807, 2.05) is 25.1 Å². The maximum Gasteiger partial charge on any atom is 0.332 e. The van der Waals surface area contributed by atoms with E-state index in [-0.39, 0.29) is 11.4 Å². The molecule has 5 heteroatoms. The minimum atomic E-state index is -0.269. The van der Waals surface area contributed by atoms with Gasteiger partial charge in [0.2, 0.25) is 0 Å². The van der Waals surface area contributed by atoms with Crippen molar-refractivity contribution in [1.82, 2.24) is 10.6 Å². The molecule has 0 fully saturated rings. The standard InChI is InChI=1S/C20H24N2O3/c1-4-8-18(23)25-22-16-13-20(2,3)12-15-19(16)17(24-21-15)11-14-9-6-5-7-10-14/h5-7,9-10,13,22H,4,8,11-12H2,1-3H3. The molecule has 0 unspecified atom stereocenters. The number of hydroxylamine groups is 1. The summed E-state index contributed by atoms with van der Waals surface area (Å²) < 4.78 is 5.63. The van der Waals surface area contributed by atoms with E-state index < -0.39 is 0 Å². The highest BCUT2D eigenvalue weighted by atomic mass is 16.7. The summed E-state index contributed by atoms with van der Waals surface area (Å²) in [5.41, 5.74) is 6.46. The maximum atomic E-state index is 11.7. The van der Waals surface area contributed by atoms with Crippen molar-refractivity contribution in [2.45, 2.75) is 46.5 Å². The lowest BCUT2D eigenvalue weighted by molar-refractivity contribution is -0.148. The van der Waals surface area contributed by atoms with E-state index >= 15 is 0 Å². The van der Waals surface area contributed by atoms with Crippen LogP contribution in [0.1, 0.15) is 56.2 Å². The van der Waals surface area contributed by atoms with Gasteiger partial charge in [0.1, 0.15) is 0 Å². The van der Waals surface area contributed by atoms with Crippen LogP contribution >= 0.6 is 0 Å². The molecule has 0 radical (unpaired) electrons. The van der Waals surface area contributed by atoms with Crippen molar-refractivity contribution in [3.63, 3.8) is 0 Å². The van der Waals surface area contributed by atoms with Crippen molar-refractivity contribution in [2.24, 2.45) is 5.41 Å². The minimum absolute atomic E-state index is 0.0899. The van der Waals surface area contributed by atoms with Crippen LogP contribution in [0.5, 0.6) is 0 Å². The van der Waals surface area contributed by atoms with Gasteiger partial charge in [-0.3, -0.25) is 0 Å². The molecule has 1 aliphatic rings. The van der Waals surface area contributed by atoms with E-state index in [1.54, 1.807) is 0 Å². The lowest BCUT2D eigenvalue weighted by Gasteiger charge is -2.26. The Hall–Kier alpha value is -2.56. The Kier molecular flexibility index (Phi) is 4.93. The molecule has 2 aromatic rings. The Bertz CT molecular complexity index is 775. The first kappa shape index (κ1) is 17.3. The van der Waals surface area contributed by atoms with E-state index in [4.69, 9.17) is 9.36 Å². The van der Waals surface area contributed by atoms with E-state index in [9.17, 15) is 4.79 Å². The Morgan fingerprint density at radius 1 is 1.32 bits per heavy atom. The second kappa shape index (κ2) is 7.13. The third-order valence-corrected chi connectivity index (χ3v) is 4.20. The number of aromatic nitrogens is 1. The van der Waals surface area contributed by atoms with Gasteiger partial charge in [-0.2, -0.15) is 0 Å². The molecular formula is C20H24N2O3. The van der Waals surface area contributed by atoms with Crippen molar-refractivity contribution in [3.05, 3.63) is 59.0 Å². The average Bonchev–Trinajstić information content (AvgIpc) is 2.95. The molecule has 132 valence electrons. The number of allylic oxidation sites excluding steroid dienone is 1. The normalized spacial score (nSPS) is 15.2. The van der Waals surface area contributed by atoms with E-state index in [2.05, 4.69) is 42.7 Å². The lowest BCUT2D eigenvalue weighted by Crippen LogP contribution is -2.26. The average molecular weight is 340 g/mol. The van der Waals surface area contributed by atoms with Gasteiger partial charge in [-0.25, -0.2) is 10.3 Å². The van der Waals surface area contributed by atoms with Gasteiger partial charge in [-0.15, -0.1) is 0 Å². The van der Waals surface area contributed by atoms with Crippen LogP contribution in [0.15, 0.2) is 40.9 Å². The summed E-state index contributed by atoms with van der Waals surface area (Å²) in [6.07, 6.45) is 4.65. The quantitative estimate of drug-likeness (QED) is 0.804. The summed E-state index contributed by atoms with van der Waals surface area (Å²) in [6.45, 7) is 6.19. The van der Waals surface area contributed by atoms with Crippen LogP contribution in [-0.2, 0) is 22.5 Å². The highest BCUT2D eigenvalue weighted by Crippen LogP contribution is 2.37. The molecule has 5 nitrogen and oxygen atoms in total. The molecule has 1 heterocycles. The topological polar surface area (TPSA) is 64.4 Å². The molecule has 0 atom stereocenters. The molecule has 0 saturated heterocycles. The summed E-state index contributed by atoms with van der Waals surface area (Å²) >= 11 is 0. The van der Waals surface area contributed by atoms with Crippen molar-refractivity contribution in [2.75, 3.05) is 0 Å². The predicted octanol–water partition coefficient (Wildman–Crippen LogP) is 4.04. The summed E-state index contributed by atoms with van der Waals surface area (Å²) in [5, 5.41) is 4.27. The zero-order valence-corrected chi connectivity index (χ0v) is 15.0. The number of carbonyl (C=O) groups is 1. The van der Waals surface area contributed by atoms with Crippen LogP contribution in [0, 0.1) is 5.41 Å². The SMILES string of the molecule is CCCC(=O)ONC1=CC(C)(C)Cc2noc(Cc3ccccc3)c21. The second-order valence-corrected chi connectivity index (χ2v) is 7.14. The molecule has 0 spiro atoms. The van der Waals surface area contributed by atoms with Gasteiger partial charge >= 0.3 is 5.97 Å². The first-order valence-electron chi connectivity index (χ1n) is 8.69. The van der Waals surface area contributed by atoms with Gasteiger partial charge < -0.3 is 9.36 Å². The fourth-order valence-corrected chi connectivity index (χ4v) is 3.08. The van der Waals surface area contributed by atoms with Crippen LogP contribution in [0.4, 0.5) is 0 Å². The predicted molar refractivity (Wildman–Crippen MR) is 95.3 cm³/mol. The molecule has 25 heavy (non-hydrogen) atoms. The number of nitrogens with one attached hydrogen (secondary N) is 1. The summed E-state index contributed by atoms with van der Waals surface area (Å²) in [6, 6.07) is 10.1. The van der Waals surface area contributed by atoms with Gasteiger partial charge in [-0.1, -0.05) is 62.3 Å². The Balaban J connectivity index is 1.87. The molecule has 3 rings (SSSR count). The Morgan fingerprint density at radius 3 is 2.80 bits per heavy atom. The van der Waals surface area contributed by atoms with Gasteiger partial charge in [0.05, 0.1) is 17.0 Å². The number of hydrogen-bond donors (Lipinski definition) is 1. The number of fused-ring (bicyclic) bond motifs is 1. The zero-order valence-electron chi connectivity index (χ0n) is 15.0. The molecule has 1 aromatic heterocycles.